The summed E-state index contributed by atoms with van der Waals surface area (Å²) in [6.07, 6.45) is 0. The van der Waals surface area contributed by atoms with Crippen molar-refractivity contribution in [3.05, 3.63) is 58.9 Å². The third-order valence-electron chi connectivity index (χ3n) is 2.26. The molecule has 0 spiro atoms. The monoisotopic (exact) mass is 231 g/mol. The van der Waals surface area contributed by atoms with Crippen molar-refractivity contribution in [3.63, 3.8) is 0 Å². The van der Waals surface area contributed by atoms with Gasteiger partial charge in [0, 0.05) is 0 Å². The molecular formula is C13H7ClFN. The molecule has 16 heavy (non-hydrogen) atoms. The molecule has 2 rings (SSSR count). The molecule has 0 aliphatic rings. The van der Waals surface area contributed by atoms with E-state index in [1.54, 1.807) is 12.1 Å². The Morgan fingerprint density at radius 2 is 1.75 bits per heavy atom. The zero-order chi connectivity index (χ0) is 11.5. The Labute approximate surface area is 97.7 Å². The average Bonchev–Trinajstić information content (AvgIpc) is 2.30. The average molecular weight is 232 g/mol. The van der Waals surface area contributed by atoms with Crippen molar-refractivity contribution in [1.82, 2.24) is 0 Å². The molecule has 0 aliphatic heterocycles. The highest BCUT2D eigenvalue weighted by Crippen LogP contribution is 2.27. The minimum Gasteiger partial charge on any atom is -0.205 e. The molecule has 3 heteroatoms. The standard InChI is InChI=1S/C13H7ClFN/c14-12-6-10(7-13(15)11(12)8-16)9-4-2-1-3-5-9/h1-7H. The Kier molecular flexibility index (Phi) is 2.89. The number of hydrogen-bond donors (Lipinski definition) is 0. The number of nitriles is 1. The van der Waals surface area contributed by atoms with Crippen LogP contribution in [0.15, 0.2) is 42.5 Å². The first kappa shape index (κ1) is 10.7. The Morgan fingerprint density at radius 3 is 2.31 bits per heavy atom. The molecule has 0 aromatic heterocycles. The minimum absolute atomic E-state index is 0.110. The molecule has 0 atom stereocenters. The first-order chi connectivity index (χ1) is 7.72. The molecule has 0 saturated heterocycles. The Bertz CT molecular complexity index is 535. The van der Waals surface area contributed by atoms with E-state index in [9.17, 15) is 4.39 Å². The van der Waals surface area contributed by atoms with Crippen LogP contribution >= 0.6 is 11.6 Å². The largest absolute Gasteiger partial charge is 0.205 e. The number of rotatable bonds is 1. The Hall–Kier alpha value is -1.85. The van der Waals surface area contributed by atoms with Crippen molar-refractivity contribution in [2.24, 2.45) is 0 Å². The summed E-state index contributed by atoms with van der Waals surface area (Å²) in [6.45, 7) is 0. The highest BCUT2D eigenvalue weighted by Gasteiger charge is 2.09. The molecular weight excluding hydrogens is 225 g/mol. The van der Waals surface area contributed by atoms with Crippen molar-refractivity contribution < 1.29 is 4.39 Å². The molecule has 1 nitrogen and oxygen atoms in total. The van der Waals surface area contributed by atoms with Gasteiger partial charge in [-0.3, -0.25) is 0 Å². The number of benzene rings is 2. The van der Waals surface area contributed by atoms with Gasteiger partial charge in [0.05, 0.1) is 5.02 Å². The summed E-state index contributed by atoms with van der Waals surface area (Å²) in [5, 5.41) is 8.83. The Morgan fingerprint density at radius 1 is 1.06 bits per heavy atom. The smallest absolute Gasteiger partial charge is 0.143 e. The van der Waals surface area contributed by atoms with Crippen molar-refractivity contribution in [3.8, 4) is 17.2 Å². The van der Waals surface area contributed by atoms with Gasteiger partial charge in [-0.15, -0.1) is 0 Å². The van der Waals surface area contributed by atoms with Gasteiger partial charge < -0.3 is 0 Å². The molecule has 0 aliphatic carbocycles. The summed E-state index contributed by atoms with van der Waals surface area (Å²) in [6, 6.07) is 14.0. The van der Waals surface area contributed by atoms with Crippen molar-refractivity contribution in [2.75, 3.05) is 0 Å². The van der Waals surface area contributed by atoms with Gasteiger partial charge in [0.25, 0.3) is 0 Å². The maximum absolute atomic E-state index is 13.5. The second kappa shape index (κ2) is 4.34. The summed E-state index contributed by atoms with van der Waals surface area (Å²) in [7, 11) is 0. The van der Waals surface area contributed by atoms with Gasteiger partial charge in [-0.1, -0.05) is 41.9 Å². The van der Waals surface area contributed by atoms with Crippen LogP contribution in [-0.2, 0) is 0 Å². The number of hydrogen-bond acceptors (Lipinski definition) is 1. The molecule has 0 fully saturated rings. The van der Waals surface area contributed by atoms with Crippen molar-refractivity contribution in [2.45, 2.75) is 0 Å². The van der Waals surface area contributed by atoms with Crippen LogP contribution in [0.1, 0.15) is 5.56 Å². The zero-order valence-corrected chi connectivity index (χ0v) is 9.00. The van der Waals surface area contributed by atoms with Gasteiger partial charge in [-0.25, -0.2) is 4.39 Å². The third kappa shape index (κ3) is 1.91. The highest BCUT2D eigenvalue weighted by molar-refractivity contribution is 6.32. The summed E-state index contributed by atoms with van der Waals surface area (Å²) in [5.41, 5.74) is 1.43. The van der Waals surface area contributed by atoms with E-state index in [2.05, 4.69) is 0 Å². The van der Waals surface area contributed by atoms with Crippen LogP contribution in [0, 0.1) is 17.1 Å². The SMILES string of the molecule is N#Cc1c(F)cc(-c2ccccc2)cc1Cl. The number of halogens is 2. The van der Waals surface area contributed by atoms with Gasteiger partial charge >= 0.3 is 0 Å². The van der Waals surface area contributed by atoms with Gasteiger partial charge in [-0.05, 0) is 23.3 Å². The molecule has 0 bridgehead atoms. The first-order valence-electron chi connectivity index (χ1n) is 4.67. The topological polar surface area (TPSA) is 23.8 Å². The van der Waals surface area contributed by atoms with Gasteiger partial charge in [0.15, 0.2) is 0 Å². The summed E-state index contributed by atoms with van der Waals surface area (Å²) in [4.78, 5) is 0. The van der Waals surface area contributed by atoms with E-state index in [-0.39, 0.29) is 10.6 Å². The van der Waals surface area contributed by atoms with Crippen LogP contribution in [0.5, 0.6) is 0 Å². The second-order valence-corrected chi connectivity index (χ2v) is 3.70. The second-order valence-electron chi connectivity index (χ2n) is 3.29. The van der Waals surface area contributed by atoms with Crippen LogP contribution in [0.4, 0.5) is 4.39 Å². The van der Waals surface area contributed by atoms with E-state index in [4.69, 9.17) is 16.9 Å². The van der Waals surface area contributed by atoms with Crippen molar-refractivity contribution in [1.29, 1.82) is 5.26 Å². The van der Waals surface area contributed by atoms with Gasteiger partial charge in [0.2, 0.25) is 0 Å². The molecule has 2 aromatic rings. The van der Waals surface area contributed by atoms with E-state index >= 15 is 0 Å². The van der Waals surface area contributed by atoms with E-state index < -0.39 is 5.82 Å². The van der Waals surface area contributed by atoms with E-state index in [1.807, 2.05) is 30.3 Å². The van der Waals surface area contributed by atoms with Crippen LogP contribution in [0.2, 0.25) is 5.02 Å². The van der Waals surface area contributed by atoms with Crippen LogP contribution in [0.25, 0.3) is 11.1 Å². The fourth-order valence-electron chi connectivity index (χ4n) is 1.48. The molecule has 0 N–H and O–H groups in total. The summed E-state index contributed by atoms with van der Waals surface area (Å²) >= 11 is 5.82. The molecule has 2 aromatic carbocycles. The molecule has 0 radical (unpaired) electrons. The van der Waals surface area contributed by atoms with Crippen LogP contribution in [0.3, 0.4) is 0 Å². The molecule has 0 heterocycles. The third-order valence-corrected chi connectivity index (χ3v) is 2.56. The summed E-state index contributed by atoms with van der Waals surface area (Å²) in [5.74, 6) is -0.589. The number of nitrogens with zero attached hydrogens (tertiary/aromatic N) is 1. The lowest BCUT2D eigenvalue weighted by atomic mass is 10.0. The molecule has 0 saturated carbocycles. The molecule has 0 unspecified atom stereocenters. The van der Waals surface area contributed by atoms with Crippen LogP contribution < -0.4 is 0 Å². The van der Waals surface area contributed by atoms with E-state index in [1.165, 1.54) is 6.07 Å². The van der Waals surface area contributed by atoms with Crippen LogP contribution in [-0.4, -0.2) is 0 Å². The zero-order valence-electron chi connectivity index (χ0n) is 8.24. The quantitative estimate of drug-likeness (QED) is 0.727. The predicted molar refractivity (Wildman–Crippen MR) is 61.6 cm³/mol. The van der Waals surface area contributed by atoms with E-state index in [0.29, 0.717) is 5.56 Å². The van der Waals surface area contributed by atoms with Gasteiger partial charge in [0.1, 0.15) is 17.4 Å². The highest BCUT2D eigenvalue weighted by atomic mass is 35.5. The lowest BCUT2D eigenvalue weighted by Crippen LogP contribution is -1.87. The fraction of sp³-hybridized carbons (Fsp3) is 0. The van der Waals surface area contributed by atoms with Gasteiger partial charge in [-0.2, -0.15) is 5.26 Å². The van der Waals surface area contributed by atoms with E-state index in [0.717, 1.165) is 5.56 Å². The maximum atomic E-state index is 13.5. The molecule has 0 amide bonds. The minimum atomic E-state index is -0.589. The molecule has 78 valence electrons. The summed E-state index contributed by atoms with van der Waals surface area (Å²) < 4.78 is 13.5. The Balaban J connectivity index is 2.58. The lowest BCUT2D eigenvalue weighted by molar-refractivity contribution is 0.624. The fourth-order valence-corrected chi connectivity index (χ4v) is 1.73. The lowest BCUT2D eigenvalue weighted by Gasteiger charge is -2.04. The normalized spacial score (nSPS) is 9.81. The maximum Gasteiger partial charge on any atom is 0.143 e. The predicted octanol–water partition coefficient (Wildman–Crippen LogP) is 4.02. The van der Waals surface area contributed by atoms with Crippen molar-refractivity contribution >= 4 is 11.6 Å². The first-order valence-corrected chi connectivity index (χ1v) is 5.04.